The first kappa shape index (κ1) is 10.0. The van der Waals surface area contributed by atoms with Crippen molar-refractivity contribution in [3.05, 3.63) is 29.8 Å². The van der Waals surface area contributed by atoms with Gasteiger partial charge in [0.1, 0.15) is 0 Å². The van der Waals surface area contributed by atoms with Gasteiger partial charge < -0.3 is 10.1 Å². The van der Waals surface area contributed by atoms with Gasteiger partial charge in [0, 0.05) is 11.4 Å². The van der Waals surface area contributed by atoms with E-state index in [0.29, 0.717) is 6.04 Å². The van der Waals surface area contributed by atoms with Gasteiger partial charge in [0.2, 0.25) is 0 Å². The molecule has 0 aromatic heterocycles. The minimum atomic E-state index is 0.375. The van der Waals surface area contributed by atoms with Crippen LogP contribution in [0.5, 0.6) is 0 Å². The number of rotatable bonds is 2. The molecule has 1 aromatic carbocycles. The average molecular weight is 209 g/mol. The van der Waals surface area contributed by atoms with Crippen molar-refractivity contribution in [2.45, 2.75) is 10.9 Å². The predicted octanol–water partition coefficient (Wildman–Crippen LogP) is 2.07. The summed E-state index contributed by atoms with van der Waals surface area (Å²) in [4.78, 5) is 1.31. The third kappa shape index (κ3) is 2.29. The van der Waals surface area contributed by atoms with Crippen molar-refractivity contribution in [3.8, 4) is 0 Å². The Kier molecular flexibility index (Phi) is 3.45. The monoisotopic (exact) mass is 209 g/mol. The van der Waals surface area contributed by atoms with Crippen LogP contribution in [0.1, 0.15) is 11.6 Å². The zero-order chi connectivity index (χ0) is 9.80. The molecule has 1 fully saturated rings. The molecule has 1 saturated heterocycles. The fraction of sp³-hybridized carbons (Fsp3) is 0.455. The fourth-order valence-electron chi connectivity index (χ4n) is 1.62. The smallest absolute Gasteiger partial charge is 0.0662 e. The molecule has 0 spiro atoms. The van der Waals surface area contributed by atoms with Gasteiger partial charge in [-0.25, -0.2) is 0 Å². The van der Waals surface area contributed by atoms with Crippen LogP contribution in [0.4, 0.5) is 0 Å². The molecule has 0 aliphatic carbocycles. The van der Waals surface area contributed by atoms with E-state index in [1.165, 1.54) is 10.5 Å². The van der Waals surface area contributed by atoms with Gasteiger partial charge in [0.15, 0.2) is 0 Å². The van der Waals surface area contributed by atoms with E-state index in [2.05, 4.69) is 35.8 Å². The highest BCUT2D eigenvalue weighted by Gasteiger charge is 2.14. The van der Waals surface area contributed by atoms with Crippen LogP contribution in [0.15, 0.2) is 29.2 Å². The number of morpholine rings is 1. The van der Waals surface area contributed by atoms with Crippen molar-refractivity contribution >= 4 is 11.8 Å². The largest absolute Gasteiger partial charge is 0.378 e. The molecule has 0 bridgehead atoms. The Labute approximate surface area is 89.0 Å². The summed E-state index contributed by atoms with van der Waals surface area (Å²) in [6.45, 7) is 2.58. The van der Waals surface area contributed by atoms with Gasteiger partial charge >= 0.3 is 0 Å². The van der Waals surface area contributed by atoms with Crippen molar-refractivity contribution in [1.29, 1.82) is 0 Å². The Hall–Kier alpha value is -0.510. The van der Waals surface area contributed by atoms with Gasteiger partial charge in [-0.05, 0) is 24.0 Å². The van der Waals surface area contributed by atoms with Crippen molar-refractivity contribution < 1.29 is 4.74 Å². The number of benzene rings is 1. The van der Waals surface area contributed by atoms with E-state index in [1.807, 2.05) is 0 Å². The predicted molar refractivity (Wildman–Crippen MR) is 59.8 cm³/mol. The fourth-order valence-corrected chi connectivity index (χ4v) is 2.02. The second kappa shape index (κ2) is 4.82. The molecule has 0 amide bonds. The third-order valence-corrected chi connectivity index (χ3v) is 3.18. The summed E-state index contributed by atoms with van der Waals surface area (Å²) in [6.07, 6.45) is 2.09. The van der Waals surface area contributed by atoms with Crippen LogP contribution >= 0.6 is 11.8 Å². The molecule has 0 saturated carbocycles. The highest BCUT2D eigenvalue weighted by atomic mass is 32.2. The number of nitrogens with one attached hydrogen (secondary N) is 1. The Morgan fingerprint density at radius 3 is 2.71 bits per heavy atom. The molecule has 1 heterocycles. The van der Waals surface area contributed by atoms with Crippen molar-refractivity contribution in [2.24, 2.45) is 0 Å². The molecule has 0 radical (unpaired) electrons. The summed E-state index contributed by atoms with van der Waals surface area (Å²) < 4.78 is 5.43. The Balaban J connectivity index is 2.07. The maximum atomic E-state index is 5.43. The van der Waals surface area contributed by atoms with Crippen LogP contribution in [0.3, 0.4) is 0 Å². The van der Waals surface area contributed by atoms with Crippen molar-refractivity contribution in [3.63, 3.8) is 0 Å². The van der Waals surface area contributed by atoms with Gasteiger partial charge in [0.25, 0.3) is 0 Å². The second-order valence-corrected chi connectivity index (χ2v) is 4.23. The Morgan fingerprint density at radius 1 is 1.36 bits per heavy atom. The lowest BCUT2D eigenvalue weighted by atomic mass is 10.1. The molecule has 1 N–H and O–H groups in total. The standard InChI is InChI=1S/C11H15NOS/c1-14-10-4-2-9(3-5-10)11-8-13-7-6-12-11/h2-5,11-12H,6-8H2,1H3/t11-/m1/s1. The minimum absolute atomic E-state index is 0.375. The van der Waals surface area contributed by atoms with Crippen molar-refractivity contribution in [2.75, 3.05) is 26.0 Å². The molecule has 1 atom stereocenters. The number of hydrogen-bond acceptors (Lipinski definition) is 3. The zero-order valence-electron chi connectivity index (χ0n) is 8.32. The van der Waals surface area contributed by atoms with Crippen LogP contribution in [-0.2, 0) is 4.74 Å². The lowest BCUT2D eigenvalue weighted by Crippen LogP contribution is -2.34. The summed E-state index contributed by atoms with van der Waals surface area (Å²) in [5.41, 5.74) is 1.32. The number of hydrogen-bond donors (Lipinski definition) is 1. The summed E-state index contributed by atoms with van der Waals surface area (Å²) in [6, 6.07) is 9.06. The van der Waals surface area contributed by atoms with E-state index in [-0.39, 0.29) is 0 Å². The summed E-state index contributed by atoms with van der Waals surface area (Å²) in [7, 11) is 0. The molecule has 2 nitrogen and oxygen atoms in total. The molecule has 1 aromatic rings. The molecular weight excluding hydrogens is 194 g/mol. The summed E-state index contributed by atoms with van der Waals surface area (Å²) in [5, 5.41) is 3.44. The SMILES string of the molecule is CSc1ccc([C@H]2COCCN2)cc1. The first-order valence-electron chi connectivity index (χ1n) is 4.85. The number of thioether (sulfide) groups is 1. The Morgan fingerprint density at radius 2 is 2.14 bits per heavy atom. The van der Waals surface area contributed by atoms with E-state index in [0.717, 1.165) is 19.8 Å². The minimum Gasteiger partial charge on any atom is -0.378 e. The summed E-state index contributed by atoms with van der Waals surface area (Å²) in [5.74, 6) is 0. The molecule has 1 aliphatic rings. The topological polar surface area (TPSA) is 21.3 Å². The van der Waals surface area contributed by atoms with E-state index in [4.69, 9.17) is 4.74 Å². The third-order valence-electron chi connectivity index (χ3n) is 2.44. The van der Waals surface area contributed by atoms with Gasteiger partial charge in [-0.15, -0.1) is 11.8 Å². The molecule has 1 aliphatic heterocycles. The highest BCUT2D eigenvalue weighted by molar-refractivity contribution is 7.98. The maximum Gasteiger partial charge on any atom is 0.0662 e. The molecule has 2 rings (SSSR count). The quantitative estimate of drug-likeness (QED) is 0.753. The molecule has 76 valence electrons. The first-order chi connectivity index (χ1) is 6.90. The highest BCUT2D eigenvalue weighted by Crippen LogP contribution is 2.20. The number of ether oxygens (including phenoxy) is 1. The normalized spacial score (nSPS) is 22.2. The van der Waals surface area contributed by atoms with Gasteiger partial charge in [-0.1, -0.05) is 12.1 Å². The maximum absolute atomic E-state index is 5.43. The van der Waals surface area contributed by atoms with Gasteiger partial charge in [0.05, 0.1) is 19.3 Å². The molecular formula is C11H15NOS. The van der Waals surface area contributed by atoms with Gasteiger partial charge in [-0.3, -0.25) is 0 Å². The molecule has 0 unspecified atom stereocenters. The van der Waals surface area contributed by atoms with Crippen LogP contribution in [0.2, 0.25) is 0 Å². The van der Waals surface area contributed by atoms with Gasteiger partial charge in [-0.2, -0.15) is 0 Å². The zero-order valence-corrected chi connectivity index (χ0v) is 9.14. The van der Waals surface area contributed by atoms with E-state index in [1.54, 1.807) is 11.8 Å². The Bertz CT molecular complexity index is 280. The summed E-state index contributed by atoms with van der Waals surface area (Å²) >= 11 is 1.77. The van der Waals surface area contributed by atoms with E-state index < -0.39 is 0 Å². The van der Waals surface area contributed by atoms with E-state index >= 15 is 0 Å². The molecule has 14 heavy (non-hydrogen) atoms. The average Bonchev–Trinajstić information content (AvgIpc) is 2.30. The lowest BCUT2D eigenvalue weighted by molar-refractivity contribution is 0.0769. The van der Waals surface area contributed by atoms with Crippen LogP contribution < -0.4 is 5.32 Å². The van der Waals surface area contributed by atoms with E-state index in [9.17, 15) is 0 Å². The molecule has 3 heteroatoms. The van der Waals surface area contributed by atoms with Crippen LogP contribution in [0.25, 0.3) is 0 Å². The van der Waals surface area contributed by atoms with Crippen molar-refractivity contribution in [1.82, 2.24) is 5.32 Å². The second-order valence-electron chi connectivity index (χ2n) is 3.35. The van der Waals surface area contributed by atoms with Crippen LogP contribution in [-0.4, -0.2) is 26.0 Å². The first-order valence-corrected chi connectivity index (χ1v) is 6.07. The lowest BCUT2D eigenvalue weighted by Gasteiger charge is -2.24. The van der Waals surface area contributed by atoms with Crippen LogP contribution in [0, 0.1) is 0 Å².